The summed E-state index contributed by atoms with van der Waals surface area (Å²) in [5.74, 6) is 0.853. The zero-order valence-electron chi connectivity index (χ0n) is 12.9. The molecule has 3 aromatic rings. The average Bonchev–Trinajstić information content (AvgIpc) is 3.15. The molecule has 0 bridgehead atoms. The van der Waals surface area contributed by atoms with Gasteiger partial charge >= 0.3 is 0 Å². The SMILES string of the molecule is COc1ccc(-c2ccc3cc(N4C=NCC4)ccc3n2)cc1. The van der Waals surface area contributed by atoms with Crippen LogP contribution in [-0.2, 0) is 0 Å². The highest BCUT2D eigenvalue weighted by Gasteiger charge is 2.09. The number of aromatic nitrogens is 1. The van der Waals surface area contributed by atoms with Crippen LogP contribution in [0.15, 0.2) is 59.6 Å². The quantitative estimate of drug-likeness (QED) is 0.739. The summed E-state index contributed by atoms with van der Waals surface area (Å²) in [6.07, 6.45) is 1.90. The summed E-state index contributed by atoms with van der Waals surface area (Å²) in [5, 5.41) is 1.14. The van der Waals surface area contributed by atoms with Crippen LogP contribution in [0.3, 0.4) is 0 Å². The highest BCUT2D eigenvalue weighted by atomic mass is 16.5. The van der Waals surface area contributed by atoms with Crippen LogP contribution in [0.5, 0.6) is 5.75 Å². The molecule has 0 amide bonds. The van der Waals surface area contributed by atoms with Crippen molar-refractivity contribution in [2.75, 3.05) is 25.1 Å². The third-order valence-electron chi connectivity index (χ3n) is 4.08. The zero-order chi connectivity index (χ0) is 15.6. The summed E-state index contributed by atoms with van der Waals surface area (Å²) in [6.45, 7) is 1.82. The molecule has 0 atom stereocenters. The van der Waals surface area contributed by atoms with Crippen LogP contribution < -0.4 is 9.64 Å². The molecule has 0 radical (unpaired) electrons. The van der Waals surface area contributed by atoms with Crippen molar-refractivity contribution in [3.8, 4) is 17.0 Å². The normalized spacial score (nSPS) is 13.7. The van der Waals surface area contributed by atoms with E-state index in [1.807, 2.05) is 30.6 Å². The molecule has 0 aliphatic carbocycles. The molecule has 1 aliphatic heterocycles. The highest BCUT2D eigenvalue weighted by Crippen LogP contribution is 2.26. The van der Waals surface area contributed by atoms with Crippen molar-refractivity contribution >= 4 is 22.9 Å². The van der Waals surface area contributed by atoms with E-state index in [9.17, 15) is 0 Å². The Kier molecular flexibility index (Phi) is 3.42. The molecule has 0 saturated carbocycles. The Morgan fingerprint density at radius 2 is 1.87 bits per heavy atom. The van der Waals surface area contributed by atoms with Gasteiger partial charge in [0, 0.05) is 23.2 Å². The average molecular weight is 303 g/mol. The molecule has 23 heavy (non-hydrogen) atoms. The molecule has 0 unspecified atom stereocenters. The number of rotatable bonds is 3. The maximum Gasteiger partial charge on any atom is 0.118 e. The molecule has 4 rings (SSSR count). The largest absolute Gasteiger partial charge is 0.497 e. The van der Waals surface area contributed by atoms with E-state index in [0.29, 0.717) is 0 Å². The molecule has 0 N–H and O–H groups in total. The van der Waals surface area contributed by atoms with Gasteiger partial charge in [0.15, 0.2) is 0 Å². The zero-order valence-corrected chi connectivity index (χ0v) is 12.9. The Hall–Kier alpha value is -2.88. The van der Waals surface area contributed by atoms with E-state index in [-0.39, 0.29) is 0 Å². The fourth-order valence-electron chi connectivity index (χ4n) is 2.79. The van der Waals surface area contributed by atoms with E-state index < -0.39 is 0 Å². The van der Waals surface area contributed by atoms with Gasteiger partial charge in [0.2, 0.25) is 0 Å². The lowest BCUT2D eigenvalue weighted by molar-refractivity contribution is 0.415. The standard InChI is InChI=1S/C19H17N3O/c1-23-17-6-2-14(3-7-17)18-8-4-15-12-16(5-9-19(15)21-18)22-11-10-20-13-22/h2-9,12-13H,10-11H2,1H3. The number of fused-ring (bicyclic) bond motifs is 1. The molecular weight excluding hydrogens is 286 g/mol. The number of nitrogens with zero attached hydrogens (tertiary/aromatic N) is 3. The minimum atomic E-state index is 0.853. The summed E-state index contributed by atoms with van der Waals surface area (Å²) in [6, 6.07) is 18.5. The predicted octanol–water partition coefficient (Wildman–Crippen LogP) is 3.76. The molecule has 0 fully saturated rings. The van der Waals surface area contributed by atoms with E-state index in [4.69, 9.17) is 9.72 Å². The molecule has 4 nitrogen and oxygen atoms in total. The Morgan fingerprint density at radius 3 is 2.61 bits per heavy atom. The smallest absolute Gasteiger partial charge is 0.118 e. The first-order valence-electron chi connectivity index (χ1n) is 7.65. The second kappa shape index (κ2) is 5.72. The van der Waals surface area contributed by atoms with Crippen molar-refractivity contribution in [2.45, 2.75) is 0 Å². The maximum absolute atomic E-state index is 5.20. The molecule has 0 spiro atoms. The monoisotopic (exact) mass is 303 g/mol. The van der Waals surface area contributed by atoms with Gasteiger partial charge in [-0.2, -0.15) is 0 Å². The van der Waals surface area contributed by atoms with Gasteiger partial charge in [0.1, 0.15) is 5.75 Å². The minimum Gasteiger partial charge on any atom is -0.497 e. The third kappa shape index (κ3) is 2.63. The molecule has 1 aliphatic rings. The van der Waals surface area contributed by atoms with Crippen LogP contribution in [0.2, 0.25) is 0 Å². The van der Waals surface area contributed by atoms with Crippen LogP contribution >= 0.6 is 0 Å². The van der Waals surface area contributed by atoms with Crippen molar-refractivity contribution < 1.29 is 4.74 Å². The fourth-order valence-corrected chi connectivity index (χ4v) is 2.79. The van der Waals surface area contributed by atoms with Crippen LogP contribution in [0.1, 0.15) is 0 Å². The maximum atomic E-state index is 5.20. The van der Waals surface area contributed by atoms with Gasteiger partial charge in [-0.05, 0) is 48.5 Å². The number of aliphatic imine (C=N–C) groups is 1. The topological polar surface area (TPSA) is 37.7 Å². The fraction of sp³-hybridized carbons (Fsp3) is 0.158. The lowest BCUT2D eigenvalue weighted by Gasteiger charge is -2.14. The number of ether oxygens (including phenoxy) is 1. The lowest BCUT2D eigenvalue weighted by Crippen LogP contribution is -2.17. The predicted molar refractivity (Wildman–Crippen MR) is 94.4 cm³/mol. The number of hydrogen-bond donors (Lipinski definition) is 0. The van der Waals surface area contributed by atoms with Gasteiger partial charge in [0.05, 0.1) is 31.2 Å². The first kappa shape index (κ1) is 13.8. The first-order valence-corrected chi connectivity index (χ1v) is 7.65. The van der Waals surface area contributed by atoms with E-state index >= 15 is 0 Å². The highest BCUT2D eigenvalue weighted by molar-refractivity contribution is 5.89. The third-order valence-corrected chi connectivity index (χ3v) is 4.08. The molecule has 0 saturated heterocycles. The number of benzene rings is 2. The van der Waals surface area contributed by atoms with Gasteiger partial charge < -0.3 is 9.64 Å². The Bertz CT molecular complexity index is 871. The summed E-state index contributed by atoms with van der Waals surface area (Å²) in [7, 11) is 1.67. The van der Waals surface area contributed by atoms with Gasteiger partial charge in [-0.3, -0.25) is 4.99 Å². The van der Waals surface area contributed by atoms with Gasteiger partial charge in [-0.25, -0.2) is 4.98 Å². The number of pyridine rings is 1. The van der Waals surface area contributed by atoms with Gasteiger partial charge in [-0.1, -0.05) is 6.07 Å². The number of hydrogen-bond acceptors (Lipinski definition) is 4. The van der Waals surface area contributed by atoms with E-state index in [2.05, 4.69) is 40.2 Å². The number of methoxy groups -OCH3 is 1. The molecule has 4 heteroatoms. The second-order valence-corrected chi connectivity index (χ2v) is 5.52. The lowest BCUT2D eigenvalue weighted by atomic mass is 10.1. The van der Waals surface area contributed by atoms with Crippen molar-refractivity contribution in [2.24, 2.45) is 4.99 Å². The first-order chi connectivity index (χ1) is 11.3. The van der Waals surface area contributed by atoms with E-state index in [1.54, 1.807) is 7.11 Å². The Labute approximate surface area is 135 Å². The molecule has 2 aromatic carbocycles. The van der Waals surface area contributed by atoms with E-state index in [1.165, 1.54) is 0 Å². The Balaban J connectivity index is 1.70. The minimum absolute atomic E-state index is 0.853. The van der Waals surface area contributed by atoms with Crippen molar-refractivity contribution in [3.05, 3.63) is 54.6 Å². The summed E-state index contributed by atoms with van der Waals surface area (Å²) < 4.78 is 5.20. The summed E-state index contributed by atoms with van der Waals surface area (Å²) in [4.78, 5) is 11.2. The summed E-state index contributed by atoms with van der Waals surface area (Å²) >= 11 is 0. The summed E-state index contributed by atoms with van der Waals surface area (Å²) in [5.41, 5.74) is 4.22. The molecule has 1 aromatic heterocycles. The number of anilines is 1. The molecular formula is C19H17N3O. The van der Waals surface area contributed by atoms with Crippen molar-refractivity contribution in [3.63, 3.8) is 0 Å². The van der Waals surface area contributed by atoms with E-state index in [0.717, 1.165) is 46.7 Å². The molecule has 2 heterocycles. The van der Waals surface area contributed by atoms with Gasteiger partial charge in [-0.15, -0.1) is 0 Å². The van der Waals surface area contributed by atoms with Gasteiger partial charge in [0.25, 0.3) is 0 Å². The van der Waals surface area contributed by atoms with Crippen LogP contribution in [-0.4, -0.2) is 31.5 Å². The molecule has 114 valence electrons. The van der Waals surface area contributed by atoms with Crippen molar-refractivity contribution in [1.82, 2.24) is 4.98 Å². The second-order valence-electron chi connectivity index (χ2n) is 5.52. The van der Waals surface area contributed by atoms with Crippen LogP contribution in [0.4, 0.5) is 5.69 Å². The van der Waals surface area contributed by atoms with Crippen molar-refractivity contribution in [1.29, 1.82) is 0 Å². The Morgan fingerprint density at radius 1 is 1.00 bits per heavy atom. The van der Waals surface area contributed by atoms with Crippen LogP contribution in [0.25, 0.3) is 22.2 Å². The van der Waals surface area contributed by atoms with Crippen LogP contribution in [0, 0.1) is 0 Å².